The zero-order valence-electron chi connectivity index (χ0n) is 14.2. The summed E-state index contributed by atoms with van der Waals surface area (Å²) in [4.78, 5) is 24.7. The molecule has 0 unspecified atom stereocenters. The predicted molar refractivity (Wildman–Crippen MR) is 90.1 cm³/mol. The molecule has 5 nitrogen and oxygen atoms in total. The Morgan fingerprint density at radius 2 is 1.96 bits per heavy atom. The van der Waals surface area contributed by atoms with Crippen LogP contribution in [0.4, 0.5) is 14.6 Å². The fraction of sp³-hybridized carbons (Fsp3) is 0.389. The van der Waals surface area contributed by atoms with Gasteiger partial charge < -0.3 is 9.80 Å². The van der Waals surface area contributed by atoms with E-state index in [0.717, 1.165) is 23.8 Å². The van der Waals surface area contributed by atoms with Crippen molar-refractivity contribution in [2.24, 2.45) is 0 Å². The number of hydrogen-bond donors (Lipinski definition) is 0. The van der Waals surface area contributed by atoms with E-state index in [1.807, 2.05) is 18.7 Å². The molecule has 1 amide bonds. The van der Waals surface area contributed by atoms with E-state index in [1.54, 1.807) is 17.2 Å². The molecule has 2 aromatic rings. The van der Waals surface area contributed by atoms with Gasteiger partial charge in [-0.3, -0.25) is 4.79 Å². The molecule has 0 atom stereocenters. The molecule has 0 spiro atoms. The quantitative estimate of drug-likeness (QED) is 0.854. The van der Waals surface area contributed by atoms with Crippen molar-refractivity contribution in [3.8, 4) is 0 Å². The van der Waals surface area contributed by atoms with Crippen molar-refractivity contribution in [2.45, 2.75) is 26.3 Å². The standard InChI is InChI=1S/C18H20F2N4O/c1-12(2)18-21-6-5-16(22-18)23-7-8-24(17(25)11-23)10-13-3-4-14(19)15(20)9-13/h3-6,9,12H,7-8,10-11H2,1-2H3. The molecular formula is C18H20F2N4O. The van der Waals surface area contributed by atoms with E-state index in [9.17, 15) is 13.6 Å². The molecule has 1 aromatic carbocycles. The number of benzene rings is 1. The Bertz CT molecular complexity index is 781. The largest absolute Gasteiger partial charge is 0.345 e. The van der Waals surface area contributed by atoms with Gasteiger partial charge in [-0.25, -0.2) is 18.7 Å². The van der Waals surface area contributed by atoms with Crippen LogP contribution in [0, 0.1) is 11.6 Å². The highest BCUT2D eigenvalue weighted by Crippen LogP contribution is 2.18. The van der Waals surface area contributed by atoms with Crippen LogP contribution < -0.4 is 4.90 Å². The minimum atomic E-state index is -0.897. The molecule has 0 N–H and O–H groups in total. The topological polar surface area (TPSA) is 49.3 Å². The molecule has 25 heavy (non-hydrogen) atoms. The molecule has 1 saturated heterocycles. The summed E-state index contributed by atoms with van der Waals surface area (Å²) in [5, 5.41) is 0. The Hall–Kier alpha value is -2.57. The minimum absolute atomic E-state index is 0.0688. The van der Waals surface area contributed by atoms with E-state index in [2.05, 4.69) is 9.97 Å². The van der Waals surface area contributed by atoms with E-state index < -0.39 is 11.6 Å². The van der Waals surface area contributed by atoms with Crippen LogP contribution in [0.5, 0.6) is 0 Å². The summed E-state index contributed by atoms with van der Waals surface area (Å²) in [6, 6.07) is 5.51. The number of anilines is 1. The predicted octanol–water partition coefficient (Wildman–Crippen LogP) is 2.73. The van der Waals surface area contributed by atoms with E-state index in [-0.39, 0.29) is 24.9 Å². The molecule has 0 bridgehead atoms. The number of aromatic nitrogens is 2. The van der Waals surface area contributed by atoms with Crippen molar-refractivity contribution in [3.63, 3.8) is 0 Å². The summed E-state index contributed by atoms with van der Waals surface area (Å²) < 4.78 is 26.3. The van der Waals surface area contributed by atoms with Gasteiger partial charge in [0.25, 0.3) is 0 Å². The van der Waals surface area contributed by atoms with Crippen LogP contribution in [0.1, 0.15) is 31.2 Å². The Balaban J connectivity index is 1.67. The molecule has 132 valence electrons. The Labute approximate surface area is 145 Å². The number of carbonyl (C=O) groups is 1. The molecule has 7 heteroatoms. The van der Waals surface area contributed by atoms with Crippen molar-refractivity contribution in [2.75, 3.05) is 24.5 Å². The lowest BCUT2D eigenvalue weighted by Crippen LogP contribution is -2.50. The van der Waals surface area contributed by atoms with Crippen LogP contribution in [0.2, 0.25) is 0 Å². The maximum Gasteiger partial charge on any atom is 0.242 e. The summed E-state index contributed by atoms with van der Waals surface area (Å²) in [6.07, 6.45) is 1.70. The molecule has 3 rings (SSSR count). The molecule has 0 radical (unpaired) electrons. The summed E-state index contributed by atoms with van der Waals surface area (Å²) in [7, 11) is 0. The van der Waals surface area contributed by atoms with Gasteiger partial charge in [0.15, 0.2) is 11.6 Å². The average molecular weight is 346 g/mol. The lowest BCUT2D eigenvalue weighted by molar-refractivity contribution is -0.131. The van der Waals surface area contributed by atoms with Crippen molar-refractivity contribution >= 4 is 11.7 Å². The van der Waals surface area contributed by atoms with E-state index in [1.165, 1.54) is 6.07 Å². The minimum Gasteiger partial charge on any atom is -0.345 e. The van der Waals surface area contributed by atoms with E-state index in [0.29, 0.717) is 18.7 Å². The first-order valence-corrected chi connectivity index (χ1v) is 8.23. The number of hydrogen-bond acceptors (Lipinski definition) is 4. The van der Waals surface area contributed by atoms with Crippen LogP contribution in [0.15, 0.2) is 30.5 Å². The lowest BCUT2D eigenvalue weighted by atomic mass is 10.2. The second kappa shape index (κ2) is 7.13. The first-order valence-electron chi connectivity index (χ1n) is 8.23. The molecular weight excluding hydrogens is 326 g/mol. The van der Waals surface area contributed by atoms with Crippen LogP contribution in [-0.4, -0.2) is 40.4 Å². The first-order chi connectivity index (χ1) is 11.9. The molecule has 1 fully saturated rings. The Morgan fingerprint density at radius 1 is 1.16 bits per heavy atom. The highest BCUT2D eigenvalue weighted by molar-refractivity contribution is 5.82. The van der Waals surface area contributed by atoms with Gasteiger partial charge >= 0.3 is 0 Å². The summed E-state index contributed by atoms with van der Waals surface area (Å²) >= 11 is 0. The van der Waals surface area contributed by atoms with Crippen LogP contribution in [0.25, 0.3) is 0 Å². The summed E-state index contributed by atoms with van der Waals surface area (Å²) in [5.74, 6) is -0.157. The number of amides is 1. The van der Waals surface area contributed by atoms with E-state index in [4.69, 9.17) is 0 Å². The lowest BCUT2D eigenvalue weighted by Gasteiger charge is -2.35. The van der Waals surface area contributed by atoms with Crippen molar-refractivity contribution in [3.05, 3.63) is 53.5 Å². The van der Waals surface area contributed by atoms with Gasteiger partial charge in [-0.15, -0.1) is 0 Å². The molecule has 1 aromatic heterocycles. The highest BCUT2D eigenvalue weighted by Gasteiger charge is 2.25. The number of rotatable bonds is 4. The van der Waals surface area contributed by atoms with Crippen molar-refractivity contribution in [1.29, 1.82) is 0 Å². The molecule has 0 saturated carbocycles. The normalized spacial score (nSPS) is 15.2. The van der Waals surface area contributed by atoms with Gasteiger partial charge in [0.05, 0.1) is 6.54 Å². The van der Waals surface area contributed by atoms with Crippen molar-refractivity contribution in [1.82, 2.24) is 14.9 Å². The average Bonchev–Trinajstić information content (AvgIpc) is 2.60. The SMILES string of the molecule is CC(C)c1nccc(N2CCN(Cc3ccc(F)c(F)c3)C(=O)C2)n1. The summed E-state index contributed by atoms with van der Waals surface area (Å²) in [6.45, 7) is 5.64. The van der Waals surface area contributed by atoms with E-state index >= 15 is 0 Å². The second-order valence-electron chi connectivity index (χ2n) is 6.41. The molecule has 1 aliphatic heterocycles. The smallest absolute Gasteiger partial charge is 0.242 e. The third-order valence-electron chi connectivity index (χ3n) is 4.18. The number of nitrogens with zero attached hydrogens (tertiary/aromatic N) is 4. The van der Waals surface area contributed by atoms with Crippen LogP contribution >= 0.6 is 0 Å². The monoisotopic (exact) mass is 346 g/mol. The van der Waals surface area contributed by atoms with Gasteiger partial charge in [-0.05, 0) is 23.8 Å². The third kappa shape index (κ3) is 3.92. The Kier molecular flexibility index (Phi) is 4.92. The van der Waals surface area contributed by atoms with Gasteiger partial charge in [-0.1, -0.05) is 19.9 Å². The highest BCUT2D eigenvalue weighted by atomic mass is 19.2. The van der Waals surface area contributed by atoms with Crippen LogP contribution in [-0.2, 0) is 11.3 Å². The Morgan fingerprint density at radius 3 is 2.64 bits per heavy atom. The number of piperazine rings is 1. The third-order valence-corrected chi connectivity index (χ3v) is 4.18. The molecule has 1 aliphatic rings. The van der Waals surface area contributed by atoms with Crippen molar-refractivity contribution < 1.29 is 13.6 Å². The van der Waals surface area contributed by atoms with Gasteiger partial charge in [0.1, 0.15) is 11.6 Å². The zero-order valence-corrected chi connectivity index (χ0v) is 14.2. The summed E-state index contributed by atoms with van der Waals surface area (Å²) in [5.41, 5.74) is 0.574. The first kappa shape index (κ1) is 17.3. The van der Waals surface area contributed by atoms with Gasteiger partial charge in [-0.2, -0.15) is 0 Å². The number of halogens is 2. The fourth-order valence-electron chi connectivity index (χ4n) is 2.75. The molecule has 0 aliphatic carbocycles. The molecule has 2 heterocycles. The van der Waals surface area contributed by atoms with Crippen LogP contribution in [0.3, 0.4) is 0 Å². The maximum absolute atomic E-state index is 13.3. The van der Waals surface area contributed by atoms with Gasteiger partial charge in [0.2, 0.25) is 5.91 Å². The maximum atomic E-state index is 13.3. The van der Waals surface area contributed by atoms with Gasteiger partial charge in [0, 0.05) is 31.7 Å². The fourth-order valence-corrected chi connectivity index (χ4v) is 2.75. The zero-order chi connectivity index (χ0) is 18.0. The second-order valence-corrected chi connectivity index (χ2v) is 6.41. The number of carbonyl (C=O) groups excluding carboxylic acids is 1.